The van der Waals surface area contributed by atoms with Gasteiger partial charge in [-0.2, -0.15) is 0 Å². The Morgan fingerprint density at radius 3 is 1.18 bits per heavy atom. The fraction of sp³-hybridized carbons (Fsp3) is 0.143. The van der Waals surface area contributed by atoms with Gasteiger partial charge in [0, 0.05) is 10.0 Å². The van der Waals surface area contributed by atoms with Crippen LogP contribution in [0.3, 0.4) is 0 Å². The van der Waals surface area contributed by atoms with Gasteiger partial charge in [0.05, 0.1) is 12.2 Å². The average molecular weight is 494 g/mol. The summed E-state index contributed by atoms with van der Waals surface area (Å²) in [6.07, 6.45) is -0.404. The fourth-order valence-corrected chi connectivity index (χ4v) is 7.60. The maximum absolute atomic E-state index is 7.00. The van der Waals surface area contributed by atoms with E-state index in [9.17, 15) is 0 Å². The lowest BCUT2D eigenvalue weighted by atomic mass is 10.1. The normalized spacial score (nSPS) is 13.5. The maximum Gasteiger partial charge on any atom is 0.408 e. The molecule has 0 aliphatic carbocycles. The van der Waals surface area contributed by atoms with E-state index in [0.717, 1.165) is 21.5 Å². The molecular weight excluding hydrogens is 467 g/mol. The molecule has 5 heteroatoms. The highest BCUT2D eigenvalue weighted by molar-refractivity contribution is 6.92. The van der Waals surface area contributed by atoms with Crippen LogP contribution in [0.15, 0.2) is 109 Å². The Morgan fingerprint density at radius 2 is 0.848 bits per heavy atom. The van der Waals surface area contributed by atoms with E-state index in [4.69, 9.17) is 32.1 Å². The summed E-state index contributed by atoms with van der Waals surface area (Å²) in [5.74, 6) is 0. The molecule has 4 aromatic carbocycles. The van der Waals surface area contributed by atoms with Gasteiger partial charge in [-0.25, -0.2) is 0 Å². The molecule has 0 aliphatic rings. The molecule has 4 rings (SSSR count). The first-order valence-corrected chi connectivity index (χ1v) is 13.5. The molecule has 4 aromatic rings. The van der Waals surface area contributed by atoms with Crippen molar-refractivity contribution in [2.75, 3.05) is 0 Å². The molecule has 33 heavy (non-hydrogen) atoms. The van der Waals surface area contributed by atoms with Crippen molar-refractivity contribution in [3.05, 3.63) is 130 Å². The van der Waals surface area contributed by atoms with Gasteiger partial charge in [0.15, 0.2) is 0 Å². The first kappa shape index (κ1) is 23.7. The third-order valence-corrected chi connectivity index (χ3v) is 9.73. The van der Waals surface area contributed by atoms with Crippen LogP contribution >= 0.6 is 23.2 Å². The van der Waals surface area contributed by atoms with Gasteiger partial charge in [0.2, 0.25) is 0 Å². The van der Waals surface area contributed by atoms with Crippen molar-refractivity contribution < 1.29 is 8.85 Å². The Kier molecular flexibility index (Phi) is 7.69. The predicted molar refractivity (Wildman–Crippen MR) is 140 cm³/mol. The van der Waals surface area contributed by atoms with Crippen LogP contribution in [0.5, 0.6) is 0 Å². The van der Waals surface area contributed by atoms with Gasteiger partial charge in [-0.15, -0.1) is 0 Å². The van der Waals surface area contributed by atoms with E-state index in [1.165, 1.54) is 0 Å². The van der Waals surface area contributed by atoms with Crippen molar-refractivity contribution in [2.45, 2.75) is 26.1 Å². The van der Waals surface area contributed by atoms with Crippen molar-refractivity contribution in [3.63, 3.8) is 0 Å². The lowest BCUT2D eigenvalue weighted by Crippen LogP contribution is -2.63. The smallest absolute Gasteiger partial charge is 0.381 e. The molecule has 0 amide bonds. The van der Waals surface area contributed by atoms with E-state index >= 15 is 0 Å². The first-order chi connectivity index (χ1) is 16.0. The summed E-state index contributed by atoms with van der Waals surface area (Å²) in [5, 5.41) is 3.51. The summed E-state index contributed by atoms with van der Waals surface area (Å²) in [4.78, 5) is 0. The zero-order valence-electron chi connectivity index (χ0n) is 18.6. The van der Waals surface area contributed by atoms with Crippen molar-refractivity contribution in [1.29, 1.82) is 0 Å². The van der Waals surface area contributed by atoms with Crippen molar-refractivity contribution >= 4 is 42.1 Å². The molecule has 2 atom stereocenters. The topological polar surface area (TPSA) is 18.5 Å². The molecular formula is C28H26Cl2O2Si. The highest BCUT2D eigenvalue weighted by Gasteiger charge is 2.45. The molecule has 0 aliphatic heterocycles. The van der Waals surface area contributed by atoms with Crippen LogP contribution in [0.4, 0.5) is 0 Å². The molecule has 0 saturated heterocycles. The minimum atomic E-state index is -3.13. The maximum atomic E-state index is 7.00. The highest BCUT2D eigenvalue weighted by atomic mass is 35.5. The van der Waals surface area contributed by atoms with Gasteiger partial charge in [-0.05, 0) is 59.6 Å². The van der Waals surface area contributed by atoms with Crippen LogP contribution in [-0.4, -0.2) is 8.56 Å². The fourth-order valence-electron chi connectivity index (χ4n) is 3.88. The Morgan fingerprint density at radius 1 is 0.515 bits per heavy atom. The number of hydrogen-bond acceptors (Lipinski definition) is 2. The second-order valence-electron chi connectivity index (χ2n) is 7.97. The number of benzene rings is 4. The van der Waals surface area contributed by atoms with E-state index in [1.807, 2.05) is 84.9 Å². The SMILES string of the molecule is CC(O[Si](OC(C)c1ccc(Cl)cc1)(c1ccccc1)c1ccccc1)c1ccc(Cl)cc1. The van der Waals surface area contributed by atoms with Crippen LogP contribution in [-0.2, 0) is 8.85 Å². The Labute approximate surface area is 207 Å². The minimum absolute atomic E-state index is 0.202. The molecule has 0 fully saturated rings. The molecule has 0 saturated carbocycles. The lowest BCUT2D eigenvalue weighted by molar-refractivity contribution is 0.110. The molecule has 0 N–H and O–H groups in total. The average Bonchev–Trinajstić information content (AvgIpc) is 2.85. The zero-order chi connectivity index (χ0) is 23.3. The van der Waals surface area contributed by atoms with Crippen LogP contribution in [0.2, 0.25) is 10.0 Å². The molecule has 2 unspecified atom stereocenters. The van der Waals surface area contributed by atoms with E-state index in [2.05, 4.69) is 38.1 Å². The Hall–Kier alpha value is -2.40. The molecule has 0 spiro atoms. The summed E-state index contributed by atoms with van der Waals surface area (Å²) < 4.78 is 14.0. The van der Waals surface area contributed by atoms with Gasteiger partial charge in [-0.1, -0.05) is 108 Å². The molecule has 0 radical (unpaired) electrons. The standard InChI is InChI=1S/C28H26Cl2O2Si/c1-21(23-13-17-25(29)18-14-23)31-33(27-9-5-3-6-10-27,28-11-7-4-8-12-28)32-22(2)24-15-19-26(30)20-16-24/h3-22H,1-2H3. The summed E-state index contributed by atoms with van der Waals surface area (Å²) in [6.45, 7) is 4.13. The largest absolute Gasteiger partial charge is 0.408 e. The van der Waals surface area contributed by atoms with E-state index < -0.39 is 8.56 Å². The van der Waals surface area contributed by atoms with E-state index in [-0.39, 0.29) is 12.2 Å². The summed E-state index contributed by atoms with van der Waals surface area (Å²) in [7, 11) is -3.13. The van der Waals surface area contributed by atoms with Crippen LogP contribution in [0.1, 0.15) is 37.2 Å². The van der Waals surface area contributed by atoms with Crippen LogP contribution in [0.25, 0.3) is 0 Å². The number of rotatable bonds is 8. The number of hydrogen-bond donors (Lipinski definition) is 0. The second-order valence-corrected chi connectivity index (χ2v) is 11.7. The van der Waals surface area contributed by atoms with Crippen molar-refractivity contribution in [1.82, 2.24) is 0 Å². The lowest BCUT2D eigenvalue weighted by Gasteiger charge is -2.36. The van der Waals surface area contributed by atoms with Gasteiger partial charge in [0.1, 0.15) is 0 Å². The Bertz CT molecular complexity index is 1060. The van der Waals surface area contributed by atoms with Gasteiger partial charge >= 0.3 is 8.56 Å². The van der Waals surface area contributed by atoms with E-state index in [0.29, 0.717) is 10.0 Å². The molecule has 0 heterocycles. The minimum Gasteiger partial charge on any atom is -0.381 e. The molecule has 0 aromatic heterocycles. The first-order valence-electron chi connectivity index (χ1n) is 11.0. The Balaban J connectivity index is 1.81. The quantitative estimate of drug-likeness (QED) is 0.244. The molecule has 0 bridgehead atoms. The van der Waals surface area contributed by atoms with Crippen molar-refractivity contribution in [2.24, 2.45) is 0 Å². The van der Waals surface area contributed by atoms with Gasteiger partial charge in [-0.3, -0.25) is 0 Å². The third-order valence-electron chi connectivity index (χ3n) is 5.67. The van der Waals surface area contributed by atoms with Gasteiger partial charge in [0.25, 0.3) is 0 Å². The summed E-state index contributed by atoms with van der Waals surface area (Å²) in [6, 6.07) is 36.1. The summed E-state index contributed by atoms with van der Waals surface area (Å²) in [5.41, 5.74) is 2.09. The van der Waals surface area contributed by atoms with E-state index in [1.54, 1.807) is 0 Å². The second kappa shape index (κ2) is 10.7. The third kappa shape index (κ3) is 5.57. The van der Waals surface area contributed by atoms with Crippen LogP contribution < -0.4 is 10.4 Å². The van der Waals surface area contributed by atoms with Crippen LogP contribution in [0, 0.1) is 0 Å². The highest BCUT2D eigenvalue weighted by Crippen LogP contribution is 2.29. The van der Waals surface area contributed by atoms with Gasteiger partial charge < -0.3 is 8.85 Å². The monoisotopic (exact) mass is 492 g/mol. The van der Waals surface area contributed by atoms with Crippen molar-refractivity contribution in [3.8, 4) is 0 Å². The zero-order valence-corrected chi connectivity index (χ0v) is 21.1. The molecule has 168 valence electrons. The number of halogens is 2. The predicted octanol–water partition coefficient (Wildman–Crippen LogP) is 7.11. The molecule has 2 nitrogen and oxygen atoms in total. The summed E-state index contributed by atoms with van der Waals surface area (Å²) >= 11 is 12.2.